The Hall–Kier alpha value is -4.53. The molecule has 3 heterocycles. The maximum absolute atomic E-state index is 15.3. The number of carbonyl (C=O) groups is 3. The molecule has 1 fully saturated rings. The number of nitrogens with zero attached hydrogens (tertiary/aromatic N) is 4. The maximum Gasteiger partial charge on any atom is 0.414 e. The predicted molar refractivity (Wildman–Crippen MR) is 137 cm³/mol. The molecule has 1 atom stereocenters. The number of carbonyl (C=O) groups excluding carboxylic acids is 3. The Bertz CT molecular complexity index is 1540. The van der Waals surface area contributed by atoms with Gasteiger partial charge in [0.15, 0.2) is 0 Å². The molecule has 1 saturated heterocycles. The molecule has 0 unspecified atom stereocenters. The predicted octanol–water partition coefficient (Wildman–Crippen LogP) is 1.10. The zero-order valence-electron chi connectivity index (χ0n) is 21.0. The summed E-state index contributed by atoms with van der Waals surface area (Å²) in [5.74, 6) is -2.67. The third kappa shape index (κ3) is 5.19. The summed E-state index contributed by atoms with van der Waals surface area (Å²) in [5, 5.41) is 13.9. The average molecular weight is 563 g/mol. The molecular formula is C25H25F3N6O6. The van der Waals surface area contributed by atoms with Crippen LogP contribution >= 0.6 is 0 Å². The minimum atomic E-state index is -3.19. The Morgan fingerprint density at radius 2 is 1.80 bits per heavy atom. The first-order valence-corrected chi connectivity index (χ1v) is 12.4. The van der Waals surface area contributed by atoms with Crippen molar-refractivity contribution in [1.29, 1.82) is 0 Å². The van der Waals surface area contributed by atoms with E-state index in [4.69, 9.17) is 9.84 Å². The number of aromatic nitrogens is 2. The SMILES string of the molecule is O=C(CO)Nc1ccc2c(c1)c(=O)n1n2CCN(c2ccc(N3C[C@H](CNC(=O)C(F)F)OC3=O)cc2F)CC1. The molecule has 15 heteroatoms. The Labute approximate surface area is 224 Å². The van der Waals surface area contributed by atoms with Crippen LogP contribution in [0.2, 0.25) is 0 Å². The summed E-state index contributed by atoms with van der Waals surface area (Å²) in [5.41, 5.74) is 1.26. The van der Waals surface area contributed by atoms with E-state index in [1.807, 2.05) is 5.32 Å². The zero-order chi connectivity index (χ0) is 28.6. The fourth-order valence-electron chi connectivity index (χ4n) is 4.89. The first-order valence-electron chi connectivity index (χ1n) is 12.4. The molecule has 40 heavy (non-hydrogen) atoms. The van der Waals surface area contributed by atoms with Crippen molar-refractivity contribution in [2.24, 2.45) is 0 Å². The fourth-order valence-corrected chi connectivity index (χ4v) is 4.89. The van der Waals surface area contributed by atoms with Crippen LogP contribution in [0.15, 0.2) is 41.2 Å². The topological polar surface area (TPSA) is 138 Å². The van der Waals surface area contributed by atoms with Gasteiger partial charge in [-0.25, -0.2) is 13.9 Å². The number of benzene rings is 2. The van der Waals surface area contributed by atoms with Gasteiger partial charge in [-0.3, -0.25) is 24.0 Å². The lowest BCUT2D eigenvalue weighted by Crippen LogP contribution is -2.37. The first-order chi connectivity index (χ1) is 19.2. The van der Waals surface area contributed by atoms with Crippen molar-refractivity contribution in [2.45, 2.75) is 25.6 Å². The van der Waals surface area contributed by atoms with E-state index in [1.54, 1.807) is 32.5 Å². The van der Waals surface area contributed by atoms with Gasteiger partial charge >= 0.3 is 12.5 Å². The van der Waals surface area contributed by atoms with Crippen LogP contribution in [0.1, 0.15) is 0 Å². The van der Waals surface area contributed by atoms with Gasteiger partial charge in [0.25, 0.3) is 11.5 Å². The highest BCUT2D eigenvalue weighted by atomic mass is 19.3. The summed E-state index contributed by atoms with van der Waals surface area (Å²) < 4.78 is 48.5. The summed E-state index contributed by atoms with van der Waals surface area (Å²) in [6, 6.07) is 9.11. The van der Waals surface area contributed by atoms with Crippen molar-refractivity contribution in [3.63, 3.8) is 0 Å². The number of anilines is 3. The van der Waals surface area contributed by atoms with Crippen LogP contribution in [0.25, 0.3) is 10.9 Å². The number of aliphatic hydroxyl groups excluding tert-OH is 1. The standard InChI is InChI=1S/C25H25F3N6O6/c26-18-10-15(32-12-16(40-25(32)39)11-29-23(37)22(27)28)2-4-20(18)31-5-7-33-19-3-1-14(30-21(36)13-35)9-17(19)24(38)34(33)8-6-31/h1-4,9-10,16,22,35H,5-8,11-13H2,(H,29,37)(H,30,36)/t16-/m0/s1. The Kier molecular flexibility index (Phi) is 7.38. The van der Waals surface area contributed by atoms with Crippen LogP contribution in [0, 0.1) is 5.82 Å². The molecule has 3 amide bonds. The van der Waals surface area contributed by atoms with Crippen molar-refractivity contribution in [2.75, 3.05) is 47.9 Å². The van der Waals surface area contributed by atoms with Crippen LogP contribution in [0.5, 0.6) is 0 Å². The fraction of sp³-hybridized carbons (Fsp3) is 0.360. The second-order valence-corrected chi connectivity index (χ2v) is 9.27. The van der Waals surface area contributed by atoms with Gasteiger partial charge in [-0.15, -0.1) is 0 Å². The molecule has 5 rings (SSSR count). The second-order valence-electron chi connectivity index (χ2n) is 9.27. The highest BCUT2D eigenvalue weighted by Crippen LogP contribution is 2.29. The molecule has 1 aromatic heterocycles. The number of ether oxygens (including phenoxy) is 1. The summed E-state index contributed by atoms with van der Waals surface area (Å²) >= 11 is 0. The van der Waals surface area contributed by atoms with Gasteiger partial charge < -0.3 is 25.4 Å². The van der Waals surface area contributed by atoms with E-state index in [9.17, 15) is 28.0 Å². The van der Waals surface area contributed by atoms with Gasteiger partial charge in [-0.1, -0.05) is 0 Å². The van der Waals surface area contributed by atoms with E-state index in [-0.39, 0.29) is 36.6 Å². The van der Waals surface area contributed by atoms with Gasteiger partial charge in [0, 0.05) is 18.8 Å². The number of nitrogens with one attached hydrogen (secondary N) is 2. The van der Waals surface area contributed by atoms with E-state index < -0.39 is 42.9 Å². The number of halogens is 3. The number of hydrogen-bond acceptors (Lipinski definition) is 7. The van der Waals surface area contributed by atoms with Gasteiger partial charge in [0.05, 0.1) is 48.5 Å². The van der Waals surface area contributed by atoms with Crippen LogP contribution in [0.3, 0.4) is 0 Å². The average Bonchev–Trinajstić information content (AvgIpc) is 3.33. The molecule has 3 aromatic rings. The summed E-state index contributed by atoms with van der Waals surface area (Å²) in [6.07, 6.45) is -4.84. The number of fused-ring (bicyclic) bond motifs is 3. The lowest BCUT2D eigenvalue weighted by molar-refractivity contribution is -0.132. The lowest BCUT2D eigenvalue weighted by atomic mass is 10.2. The van der Waals surface area contributed by atoms with Gasteiger partial charge in [-0.2, -0.15) is 8.78 Å². The molecule has 2 aromatic carbocycles. The number of hydrogen-bond donors (Lipinski definition) is 3. The molecule has 0 saturated carbocycles. The Morgan fingerprint density at radius 1 is 1.05 bits per heavy atom. The first kappa shape index (κ1) is 27.1. The number of alkyl halides is 2. The minimum Gasteiger partial charge on any atom is -0.442 e. The van der Waals surface area contributed by atoms with Crippen molar-refractivity contribution < 1.29 is 37.4 Å². The molecule has 2 aliphatic rings. The number of amides is 3. The second kappa shape index (κ2) is 10.9. The largest absolute Gasteiger partial charge is 0.442 e. The van der Waals surface area contributed by atoms with Crippen molar-refractivity contribution in [3.05, 3.63) is 52.6 Å². The third-order valence-electron chi connectivity index (χ3n) is 6.78. The molecule has 0 radical (unpaired) electrons. The summed E-state index contributed by atoms with van der Waals surface area (Å²) in [4.78, 5) is 50.9. The molecule has 0 bridgehead atoms. The zero-order valence-corrected chi connectivity index (χ0v) is 21.0. The highest BCUT2D eigenvalue weighted by molar-refractivity contribution is 5.94. The number of rotatable bonds is 7. The van der Waals surface area contributed by atoms with E-state index in [0.717, 1.165) is 4.90 Å². The van der Waals surface area contributed by atoms with Crippen LogP contribution < -0.4 is 26.0 Å². The quantitative estimate of drug-likeness (QED) is 0.392. The van der Waals surface area contributed by atoms with Crippen molar-refractivity contribution in [1.82, 2.24) is 14.7 Å². The van der Waals surface area contributed by atoms with Crippen LogP contribution in [0.4, 0.5) is 35.0 Å². The third-order valence-corrected chi connectivity index (χ3v) is 6.78. The normalized spacial score (nSPS) is 17.1. The molecule has 212 valence electrons. The minimum absolute atomic E-state index is 0.0539. The van der Waals surface area contributed by atoms with E-state index in [2.05, 4.69) is 5.32 Å². The summed E-state index contributed by atoms with van der Waals surface area (Å²) in [7, 11) is 0. The lowest BCUT2D eigenvalue weighted by Gasteiger charge is -2.24. The maximum atomic E-state index is 15.3. The molecular weight excluding hydrogens is 537 g/mol. The number of cyclic esters (lactones) is 1. The van der Waals surface area contributed by atoms with Crippen LogP contribution in [-0.4, -0.2) is 77.7 Å². The van der Waals surface area contributed by atoms with E-state index in [0.29, 0.717) is 36.2 Å². The highest BCUT2D eigenvalue weighted by Gasteiger charge is 2.33. The van der Waals surface area contributed by atoms with Crippen LogP contribution in [-0.2, 0) is 27.4 Å². The van der Waals surface area contributed by atoms with Gasteiger partial charge in [0.1, 0.15) is 18.5 Å². The molecule has 0 aliphatic carbocycles. The Balaban J connectivity index is 1.28. The smallest absolute Gasteiger partial charge is 0.414 e. The Morgan fingerprint density at radius 3 is 2.50 bits per heavy atom. The van der Waals surface area contributed by atoms with Gasteiger partial charge in [0.2, 0.25) is 5.91 Å². The monoisotopic (exact) mass is 562 g/mol. The molecule has 12 nitrogen and oxygen atoms in total. The summed E-state index contributed by atoms with van der Waals surface area (Å²) in [6.45, 7) is 0.292. The van der Waals surface area contributed by atoms with E-state index >= 15 is 4.39 Å². The van der Waals surface area contributed by atoms with Gasteiger partial charge in [-0.05, 0) is 36.4 Å². The number of aliphatic hydroxyl groups is 1. The molecule has 2 aliphatic heterocycles. The molecule has 0 spiro atoms. The van der Waals surface area contributed by atoms with Crippen molar-refractivity contribution >= 4 is 45.9 Å². The van der Waals surface area contributed by atoms with Crippen molar-refractivity contribution in [3.8, 4) is 0 Å². The van der Waals surface area contributed by atoms with E-state index in [1.165, 1.54) is 18.2 Å². The molecule has 3 N–H and O–H groups in total.